The number of hydrogen-bond acceptors (Lipinski definition) is 0. The monoisotopic (exact) mass is 2460 g/mol. The number of benzene rings is 2. The molecule has 0 amide bonds. The van der Waals surface area contributed by atoms with Crippen molar-refractivity contribution >= 4 is 125 Å². The van der Waals surface area contributed by atoms with E-state index in [1.165, 1.54) is 558 Å². The van der Waals surface area contributed by atoms with E-state index in [2.05, 4.69) is 222 Å². The molecule has 4 aromatic heterocycles. The van der Waals surface area contributed by atoms with Crippen molar-refractivity contribution in [2.45, 2.75) is 621 Å². The van der Waals surface area contributed by atoms with Crippen LogP contribution in [0.15, 0.2) is 49.6 Å². The van der Waals surface area contributed by atoms with Crippen LogP contribution in [0.4, 0.5) is 0 Å². The first kappa shape index (κ1) is 126. The van der Waals surface area contributed by atoms with Crippen LogP contribution in [0.1, 0.15) is 569 Å². The normalized spacial score (nSPS) is 11.6. The van der Waals surface area contributed by atoms with Crippen LogP contribution in [0.5, 0.6) is 0 Å². The fraction of sp³-hybridized carbons (Fsp3) is 0.857. The number of rotatable bonds is 88. The second-order valence-corrected chi connectivity index (χ2v) is 60.8. The summed E-state index contributed by atoms with van der Waals surface area (Å²) in [6, 6.07) is 10.4. The van der Waals surface area contributed by atoms with Gasteiger partial charge in [-0.2, -0.15) is 0 Å². The first-order chi connectivity index (χ1) is 63.7. The third-order valence-electron chi connectivity index (χ3n) is 27.8. The summed E-state index contributed by atoms with van der Waals surface area (Å²) in [4.78, 5) is 0. The summed E-state index contributed by atoms with van der Waals surface area (Å²) in [6.07, 6.45) is 122. The first-order valence-corrected chi connectivity index (χ1v) is 77.4. The van der Waals surface area contributed by atoms with E-state index in [-0.39, 0.29) is 0 Å². The van der Waals surface area contributed by atoms with Gasteiger partial charge >= 0.3 is 122 Å². The van der Waals surface area contributed by atoms with Gasteiger partial charge < -0.3 is 36.5 Å². The molecule has 6 aromatic rings. The third kappa shape index (κ3) is 66.6. The van der Waals surface area contributed by atoms with Crippen LogP contribution in [0.3, 0.4) is 0 Å². The maximum atomic E-state index is 3.11. The first-order valence-electron chi connectivity index (χ1n) is 56.1. The van der Waals surface area contributed by atoms with Gasteiger partial charge in [0.2, 0.25) is 0 Å². The van der Waals surface area contributed by atoms with Crippen molar-refractivity contribution in [2.24, 2.45) is 0 Å². The molecule has 0 saturated heterocycles. The molecule has 17 heteroatoms. The Balaban J connectivity index is 0.000000799. The number of aryl methyl sites for hydroxylation is 8. The van der Waals surface area contributed by atoms with Gasteiger partial charge in [-0.15, -0.1) is 68.4 Å². The predicted octanol–water partition coefficient (Wildman–Crippen LogP) is 44.0. The van der Waals surface area contributed by atoms with E-state index in [9.17, 15) is 0 Å². The van der Waals surface area contributed by atoms with Crippen molar-refractivity contribution in [1.82, 2.24) is 36.5 Å². The Hall–Kier alpha value is 1.19. The molecule has 0 aliphatic heterocycles. The van der Waals surface area contributed by atoms with Crippen LogP contribution in [0, 0.1) is 0 Å². The molecule has 6 rings (SSSR count). The zero-order valence-electron chi connectivity index (χ0n) is 85.6. The Kier molecular flexibility index (Phi) is 94.6. The van der Waals surface area contributed by atoms with E-state index in [4.69, 9.17) is 0 Å². The standard InChI is InChI=1S/2C56H104N4.6BrH.3Pd/c2*1-5-9-13-17-21-25-29-33-37-41-45-57-51-58(46-42-38-34-30-26-22-18-14-10-6-2)54-50-56-55(49-53(54)57)59(47-43-39-35-31-27-23-19-15-11-7-3)52-60(56)48-44-40-36-32-28-24-20-16-12-8-4;;;;;;;;;/h2*49-52H,5-48H2,1-4H3;6*1H;;;/q2*-2;;;;;;;3*+2/p-6. The summed E-state index contributed by atoms with van der Waals surface area (Å²) in [6.45, 7) is 27.8. The van der Waals surface area contributed by atoms with Gasteiger partial charge in [-0.1, -0.05) is 518 Å². The van der Waals surface area contributed by atoms with Gasteiger partial charge in [0, 0.05) is 0 Å². The summed E-state index contributed by atoms with van der Waals surface area (Å²) in [5, 5.41) is 0. The van der Waals surface area contributed by atoms with Crippen LogP contribution >= 0.6 is 80.6 Å². The predicted molar refractivity (Wildman–Crippen MR) is 593 cm³/mol. The third-order valence-corrected chi connectivity index (χ3v) is 27.8. The minimum absolute atomic E-state index is 0.575. The molecule has 0 unspecified atom stereocenters. The van der Waals surface area contributed by atoms with E-state index in [1.54, 1.807) is 0 Å². The number of aromatic nitrogens is 8. The van der Waals surface area contributed by atoms with Gasteiger partial charge in [0.25, 0.3) is 0 Å². The van der Waals surface area contributed by atoms with Gasteiger partial charge in [0.15, 0.2) is 0 Å². The van der Waals surface area contributed by atoms with Crippen LogP contribution in [0.2, 0.25) is 0 Å². The van der Waals surface area contributed by atoms with E-state index in [0.717, 1.165) is 52.4 Å². The topological polar surface area (TPSA) is 39.4 Å². The Labute approximate surface area is 864 Å². The van der Waals surface area contributed by atoms with Crippen molar-refractivity contribution < 1.29 is 41.8 Å². The molecular weight excluding hydrogens is 2260 g/mol. The summed E-state index contributed by atoms with van der Waals surface area (Å²) in [7, 11) is 0. The van der Waals surface area contributed by atoms with Crippen molar-refractivity contribution in [3.8, 4) is 0 Å². The van der Waals surface area contributed by atoms with Crippen LogP contribution in [-0.4, -0.2) is 36.5 Å². The molecule has 0 atom stereocenters. The molecule has 129 heavy (non-hydrogen) atoms. The Morgan fingerprint density at radius 1 is 0.140 bits per heavy atom. The van der Waals surface area contributed by atoms with Crippen molar-refractivity contribution in [3.05, 3.63) is 49.6 Å². The zero-order valence-corrected chi connectivity index (χ0v) is 99.8. The molecule has 0 fully saturated rings. The Morgan fingerprint density at radius 3 is 0.287 bits per heavy atom. The SMILES string of the molecule is CCCCCCCCCCCCn1[cH-]n(CCCCCCCCCCCC)c2cc3c(cc21)n(CCCCCCCCCCCC)[cH-]n3CCCCCCCCCCCC.CCCCCCCCCCCCn1[cH-]n(CCCCCCCCCCCC)c2cc3c(cc21)n(CCCCCCCCCCCC)[cH-]n3CCCCCCCCCCCC.[Br][Pd][Br].[Br][Pd][Br].[Br][Pd][Br]. The van der Waals surface area contributed by atoms with Gasteiger partial charge in [-0.25, -0.2) is 0 Å². The number of hydrogen-bond donors (Lipinski definition) is 0. The molecule has 0 N–H and O–H groups in total. The maximum absolute atomic E-state index is 3.11. The van der Waals surface area contributed by atoms with E-state index in [1.807, 2.05) is 0 Å². The fourth-order valence-electron chi connectivity index (χ4n) is 19.7. The van der Waals surface area contributed by atoms with Gasteiger partial charge in [-0.3, -0.25) is 0 Å². The van der Waals surface area contributed by atoms with Crippen molar-refractivity contribution in [3.63, 3.8) is 0 Å². The van der Waals surface area contributed by atoms with Gasteiger partial charge in [0.05, 0.1) is 0 Å². The molecule has 0 spiro atoms. The number of unbranched alkanes of at least 4 members (excludes halogenated alkanes) is 72. The van der Waals surface area contributed by atoms with Crippen LogP contribution in [0.25, 0.3) is 44.1 Å². The minimum atomic E-state index is 0.575. The Bertz CT molecular complexity index is 2710. The van der Waals surface area contributed by atoms with Gasteiger partial charge in [0.1, 0.15) is 0 Å². The van der Waals surface area contributed by atoms with E-state index in [0.29, 0.717) is 41.8 Å². The van der Waals surface area contributed by atoms with Crippen LogP contribution in [-0.2, 0) is 94.2 Å². The molecule has 8 nitrogen and oxygen atoms in total. The fourth-order valence-corrected chi connectivity index (χ4v) is 19.7. The summed E-state index contributed by atoms with van der Waals surface area (Å²) in [5.41, 5.74) is 11.8. The van der Waals surface area contributed by atoms with Crippen LogP contribution < -0.4 is 0 Å². The quantitative estimate of drug-likeness (QED) is 0.0207. The molecule has 0 aliphatic rings. The summed E-state index contributed by atoms with van der Waals surface area (Å²) in [5.74, 6) is 0. The second-order valence-electron chi connectivity index (χ2n) is 39.3. The summed E-state index contributed by atoms with van der Waals surface area (Å²) < 4.78 is 21.2. The van der Waals surface area contributed by atoms with E-state index >= 15 is 0 Å². The van der Waals surface area contributed by atoms with Crippen molar-refractivity contribution in [1.29, 1.82) is 0 Å². The summed E-state index contributed by atoms with van der Waals surface area (Å²) >= 11 is 20.4. The number of imidazole rings is 4. The number of nitrogens with zero attached hydrogens (tertiary/aromatic N) is 8. The molecular formula is C112H208Br6N8Pd3-4. The molecule has 0 saturated carbocycles. The number of fused-ring (bicyclic) bond motifs is 4. The van der Waals surface area contributed by atoms with Crippen molar-refractivity contribution in [2.75, 3.05) is 0 Å². The molecule has 4 heterocycles. The molecule has 772 valence electrons. The molecule has 0 radical (unpaired) electrons. The molecule has 0 aliphatic carbocycles. The van der Waals surface area contributed by atoms with Gasteiger partial charge in [-0.05, 0) is 129 Å². The average Bonchev–Trinajstić information content (AvgIpc) is 1.61. The molecule has 2 aromatic carbocycles. The number of halogens is 6. The molecule has 0 bridgehead atoms. The zero-order chi connectivity index (χ0) is 93.2. The average molecular weight is 2470 g/mol. The van der Waals surface area contributed by atoms with E-state index < -0.39 is 0 Å². The Morgan fingerprint density at radius 2 is 0.209 bits per heavy atom. The second kappa shape index (κ2) is 96.7.